The van der Waals surface area contributed by atoms with Gasteiger partial charge in [-0.05, 0) is 119 Å². The molecule has 1 aromatic heterocycles. The molecule has 0 bridgehead atoms. The smallest absolute Gasteiger partial charge is 0.147 e. The zero-order valence-electron chi connectivity index (χ0n) is 26.2. The summed E-state index contributed by atoms with van der Waals surface area (Å²) in [5.41, 5.74) is 5.90. The van der Waals surface area contributed by atoms with Crippen LogP contribution in [0.4, 0.5) is 42.9 Å². The molecule has 0 amide bonds. The van der Waals surface area contributed by atoms with E-state index in [1.807, 2.05) is 94.7 Å². The lowest BCUT2D eigenvalue weighted by Crippen LogP contribution is -2.11. The van der Waals surface area contributed by atoms with Gasteiger partial charge in [0, 0.05) is 33.5 Å². The van der Waals surface area contributed by atoms with Crippen molar-refractivity contribution in [3.63, 3.8) is 0 Å². The normalized spacial score (nSPS) is 11.5. The molecule has 0 radical (unpaired) electrons. The summed E-state index contributed by atoms with van der Waals surface area (Å²) in [7, 11) is 0. The third-order valence-electron chi connectivity index (χ3n) is 9.09. The first-order valence-corrected chi connectivity index (χ1v) is 16.1. The fourth-order valence-electron chi connectivity index (χ4n) is 6.79. The molecule has 5 heteroatoms. The van der Waals surface area contributed by atoms with Gasteiger partial charge < -0.3 is 14.2 Å². The lowest BCUT2D eigenvalue weighted by atomic mass is 10.0. The van der Waals surface area contributed by atoms with Crippen molar-refractivity contribution in [2.75, 3.05) is 9.80 Å². The molecular weight excluding hydrogens is 610 g/mol. The van der Waals surface area contributed by atoms with Crippen LogP contribution in [0.25, 0.3) is 43.5 Å². The van der Waals surface area contributed by atoms with Gasteiger partial charge in [0.05, 0.1) is 11.4 Å². The largest absolute Gasteiger partial charge is 0.456 e. The highest BCUT2D eigenvalue weighted by Gasteiger charge is 2.19. The molecule has 0 N–H and O–H groups in total. The van der Waals surface area contributed by atoms with E-state index >= 15 is 8.78 Å². The van der Waals surface area contributed by atoms with Crippen LogP contribution in [0.1, 0.15) is 0 Å². The predicted molar refractivity (Wildman–Crippen MR) is 198 cm³/mol. The Bertz CT molecular complexity index is 2470. The van der Waals surface area contributed by atoms with Crippen molar-refractivity contribution in [3.8, 4) is 0 Å². The minimum atomic E-state index is -0.296. The van der Waals surface area contributed by atoms with E-state index in [1.165, 1.54) is 12.1 Å². The maximum Gasteiger partial charge on any atom is 0.147 e. The van der Waals surface area contributed by atoms with E-state index in [2.05, 4.69) is 48.5 Å². The van der Waals surface area contributed by atoms with Gasteiger partial charge in [0.25, 0.3) is 0 Å². The topological polar surface area (TPSA) is 19.6 Å². The van der Waals surface area contributed by atoms with Gasteiger partial charge in [-0.3, -0.25) is 0 Å². The summed E-state index contributed by atoms with van der Waals surface area (Å²) in [4.78, 5) is 3.86. The molecule has 0 spiro atoms. The van der Waals surface area contributed by atoms with Crippen molar-refractivity contribution in [3.05, 3.63) is 181 Å². The molecule has 3 nitrogen and oxygen atoms in total. The summed E-state index contributed by atoms with van der Waals surface area (Å²) >= 11 is 0. The number of anilines is 6. The molecule has 1 heterocycles. The van der Waals surface area contributed by atoms with Gasteiger partial charge in [0.15, 0.2) is 0 Å². The molecule has 0 aliphatic heterocycles. The number of furan rings is 1. The Labute approximate surface area is 281 Å². The van der Waals surface area contributed by atoms with Gasteiger partial charge >= 0.3 is 0 Å². The number of benzene rings is 8. The highest BCUT2D eigenvalue weighted by molar-refractivity contribution is 6.14. The summed E-state index contributed by atoms with van der Waals surface area (Å²) in [6, 6.07) is 54.1. The molecule has 49 heavy (non-hydrogen) atoms. The van der Waals surface area contributed by atoms with E-state index in [-0.39, 0.29) is 11.6 Å². The van der Waals surface area contributed by atoms with Crippen LogP contribution in [0, 0.1) is 11.6 Å². The second-order valence-electron chi connectivity index (χ2n) is 12.1. The van der Waals surface area contributed by atoms with Crippen LogP contribution < -0.4 is 9.80 Å². The fraction of sp³-hybridized carbons (Fsp3) is 0. The lowest BCUT2D eigenvalue weighted by Gasteiger charge is -2.26. The van der Waals surface area contributed by atoms with E-state index in [0.29, 0.717) is 11.4 Å². The Morgan fingerprint density at radius 1 is 0.347 bits per heavy atom. The van der Waals surface area contributed by atoms with Crippen molar-refractivity contribution >= 4 is 77.6 Å². The number of hydrogen-bond donors (Lipinski definition) is 0. The number of hydrogen-bond acceptors (Lipinski definition) is 3. The Morgan fingerprint density at radius 2 is 0.755 bits per heavy atom. The van der Waals surface area contributed by atoms with Crippen LogP contribution in [0.5, 0.6) is 0 Å². The first kappa shape index (κ1) is 28.7. The number of para-hydroxylation sites is 4. The summed E-state index contributed by atoms with van der Waals surface area (Å²) in [6.07, 6.45) is 0. The number of nitrogens with zero attached hydrogens (tertiary/aromatic N) is 2. The van der Waals surface area contributed by atoms with Gasteiger partial charge in [-0.1, -0.05) is 72.8 Å². The van der Waals surface area contributed by atoms with Gasteiger partial charge in [-0.15, -0.1) is 0 Å². The van der Waals surface area contributed by atoms with Gasteiger partial charge in [-0.25, -0.2) is 8.78 Å². The predicted octanol–water partition coefficient (Wildman–Crippen LogP) is 13.1. The minimum absolute atomic E-state index is 0.296. The lowest BCUT2D eigenvalue weighted by molar-refractivity contribution is 0.628. The van der Waals surface area contributed by atoms with Gasteiger partial charge in [0.2, 0.25) is 0 Å². The second kappa shape index (κ2) is 11.7. The van der Waals surface area contributed by atoms with Gasteiger partial charge in [0.1, 0.15) is 22.8 Å². The fourth-order valence-corrected chi connectivity index (χ4v) is 6.79. The van der Waals surface area contributed by atoms with Crippen LogP contribution in [0.15, 0.2) is 174 Å². The molecule has 0 fully saturated rings. The van der Waals surface area contributed by atoms with Gasteiger partial charge in [-0.2, -0.15) is 0 Å². The van der Waals surface area contributed by atoms with Crippen molar-refractivity contribution in [1.82, 2.24) is 0 Å². The van der Waals surface area contributed by atoms with Crippen molar-refractivity contribution < 1.29 is 13.2 Å². The van der Waals surface area contributed by atoms with Crippen LogP contribution in [0.2, 0.25) is 0 Å². The molecule has 9 rings (SSSR count). The van der Waals surface area contributed by atoms with Crippen LogP contribution in [-0.2, 0) is 0 Å². The standard InChI is InChI=1S/C44H28F2N2O/c45-39-15-7-9-17-41(39)47(33-11-3-1-4-12-33)35-21-19-29-25-37-38-26-30-20-22-36(24-32(30)28-44(38)49-43(37)27-31(29)23-35)48(34-13-5-2-6-14-34)42-18-10-8-16-40(42)46/h1-28H. The average Bonchev–Trinajstić information content (AvgIpc) is 3.48. The first-order chi connectivity index (χ1) is 24.1. The Hall–Kier alpha value is -6.46. The SMILES string of the molecule is Fc1ccccc1N(c1ccccc1)c1ccc2cc3c(cc2c1)oc1cc2cc(N(c4ccccc4)c4ccccc4F)ccc2cc13. The van der Waals surface area contributed by atoms with E-state index in [1.54, 1.807) is 24.3 Å². The van der Waals surface area contributed by atoms with Crippen LogP contribution in [-0.4, -0.2) is 0 Å². The third kappa shape index (κ3) is 5.04. The molecule has 0 atom stereocenters. The molecular formula is C44H28F2N2O. The van der Waals surface area contributed by atoms with Crippen LogP contribution in [0.3, 0.4) is 0 Å². The summed E-state index contributed by atoms with van der Waals surface area (Å²) in [5, 5.41) is 6.12. The van der Waals surface area contributed by atoms with E-state index in [4.69, 9.17) is 4.42 Å². The molecule has 0 saturated carbocycles. The molecule has 234 valence electrons. The number of fused-ring (bicyclic) bond motifs is 5. The summed E-state index contributed by atoms with van der Waals surface area (Å²) in [6.45, 7) is 0. The van der Waals surface area contributed by atoms with Crippen molar-refractivity contribution in [2.45, 2.75) is 0 Å². The van der Waals surface area contributed by atoms with Crippen molar-refractivity contribution in [1.29, 1.82) is 0 Å². The number of rotatable bonds is 6. The second-order valence-corrected chi connectivity index (χ2v) is 12.1. The third-order valence-corrected chi connectivity index (χ3v) is 9.09. The molecule has 0 aliphatic rings. The number of halogens is 2. The molecule has 0 unspecified atom stereocenters. The zero-order chi connectivity index (χ0) is 32.9. The summed E-state index contributed by atoms with van der Waals surface area (Å²) in [5.74, 6) is -0.592. The highest BCUT2D eigenvalue weighted by Crippen LogP contribution is 2.41. The maximum absolute atomic E-state index is 15.2. The quantitative estimate of drug-likeness (QED) is 0.181. The van der Waals surface area contributed by atoms with E-state index < -0.39 is 0 Å². The van der Waals surface area contributed by atoms with E-state index in [0.717, 1.165) is 66.2 Å². The highest BCUT2D eigenvalue weighted by atomic mass is 19.1. The minimum Gasteiger partial charge on any atom is -0.456 e. The average molecular weight is 639 g/mol. The zero-order valence-corrected chi connectivity index (χ0v) is 26.2. The first-order valence-electron chi connectivity index (χ1n) is 16.1. The molecule has 0 aliphatic carbocycles. The molecule has 9 aromatic rings. The maximum atomic E-state index is 15.2. The Morgan fingerprint density at radius 3 is 1.18 bits per heavy atom. The Balaban J connectivity index is 1.17. The summed E-state index contributed by atoms with van der Waals surface area (Å²) < 4.78 is 36.8. The van der Waals surface area contributed by atoms with E-state index in [9.17, 15) is 0 Å². The molecule has 0 saturated heterocycles. The van der Waals surface area contributed by atoms with Crippen LogP contribution >= 0.6 is 0 Å². The monoisotopic (exact) mass is 638 g/mol. The Kier molecular flexibility index (Phi) is 6.83. The molecule has 8 aromatic carbocycles. The van der Waals surface area contributed by atoms with Crippen molar-refractivity contribution in [2.24, 2.45) is 0 Å².